The fourth-order valence-electron chi connectivity index (χ4n) is 0.111. The quantitative estimate of drug-likeness (QED) is 0.211. The molecule has 0 heterocycles. The second-order valence-electron chi connectivity index (χ2n) is 0.720. The van der Waals surface area contributed by atoms with Crippen LogP contribution in [0.5, 0.6) is 0 Å². The van der Waals surface area contributed by atoms with Gasteiger partial charge in [-0.05, 0) is 5.22 Å². The Bertz CT molecular complexity index is 93.1. The Morgan fingerprint density at radius 2 is 2.29 bits per heavy atom. The zero-order valence-electron chi connectivity index (χ0n) is 4.07. The van der Waals surface area contributed by atoms with Gasteiger partial charge in [0.15, 0.2) is 0 Å². The maximum absolute atomic E-state index is 3.50. The summed E-state index contributed by atoms with van der Waals surface area (Å²) in [6.07, 6.45) is 1.29. The first-order valence-corrected chi connectivity index (χ1v) is 1.68. The summed E-state index contributed by atoms with van der Waals surface area (Å²) in [4.78, 5) is 3.50. The lowest BCUT2D eigenvalue weighted by atomic mass is 11.3. The molecule has 0 rings (SSSR count). The third-order valence-corrected chi connectivity index (χ3v) is 0.282. The van der Waals surface area contributed by atoms with E-state index < -0.39 is 0 Å². The van der Waals surface area contributed by atoms with Crippen molar-refractivity contribution in [1.82, 2.24) is 0 Å². The van der Waals surface area contributed by atoms with Crippen LogP contribution < -0.4 is 0 Å². The van der Waals surface area contributed by atoms with E-state index in [2.05, 4.69) is 27.1 Å². The van der Waals surface area contributed by atoms with Crippen molar-refractivity contribution in [2.45, 2.75) is 0 Å². The minimum absolute atomic E-state index is 1.29. The van der Waals surface area contributed by atoms with Crippen LogP contribution in [0, 0.1) is 0 Å². The minimum atomic E-state index is 1.29. The van der Waals surface area contributed by atoms with E-state index in [4.69, 9.17) is 0 Å². The predicted octanol–water partition coefficient (Wildman–Crippen LogP) is 0.712. The molecular weight excluding hydrogens is 92.1 g/mol. The van der Waals surface area contributed by atoms with E-state index >= 15 is 0 Å². The highest BCUT2D eigenvalue weighted by Gasteiger charge is 1.53. The summed E-state index contributed by atoms with van der Waals surface area (Å²) < 4.78 is 0. The Balaban J connectivity index is 3.27. The van der Waals surface area contributed by atoms with Crippen LogP contribution in [0.1, 0.15) is 0 Å². The van der Waals surface area contributed by atoms with Gasteiger partial charge in [0, 0.05) is 13.8 Å². The third-order valence-electron chi connectivity index (χ3n) is 0.282. The van der Waals surface area contributed by atoms with Crippen LogP contribution in [0.3, 0.4) is 0 Å². The third kappa shape index (κ3) is 4.94. The highest BCUT2D eigenvalue weighted by atomic mass is 15.4. The first kappa shape index (κ1) is 5.94. The zero-order chi connectivity index (χ0) is 5.54. The smallest absolute Gasteiger partial charge is 0.134 e. The summed E-state index contributed by atoms with van der Waals surface area (Å²) in [5.41, 5.74) is 0. The Morgan fingerprint density at radius 3 is 2.71 bits per heavy atom. The monoisotopic (exact) mass is 98.1 g/mol. The molecule has 0 aliphatic heterocycles. The van der Waals surface area contributed by atoms with Gasteiger partial charge in [-0.15, -0.1) is 10.2 Å². The van der Waals surface area contributed by atoms with Crippen molar-refractivity contribution in [2.24, 2.45) is 20.4 Å². The van der Waals surface area contributed by atoms with Gasteiger partial charge >= 0.3 is 0 Å². The maximum Gasteiger partial charge on any atom is 0.134 e. The van der Waals surface area contributed by atoms with E-state index in [9.17, 15) is 0 Å². The molecule has 0 aromatic rings. The largest absolute Gasteiger partial charge is 0.275 e. The second-order valence-corrected chi connectivity index (χ2v) is 0.720. The van der Waals surface area contributed by atoms with Crippen LogP contribution in [0.15, 0.2) is 20.4 Å². The molecule has 4 heteroatoms. The van der Waals surface area contributed by atoms with Crippen molar-refractivity contribution in [1.29, 1.82) is 0 Å². The van der Waals surface area contributed by atoms with Crippen LogP contribution in [-0.4, -0.2) is 20.1 Å². The molecule has 0 aromatic carbocycles. The predicted molar refractivity (Wildman–Crippen MR) is 28.8 cm³/mol. The van der Waals surface area contributed by atoms with E-state index in [1.54, 1.807) is 7.05 Å². The molecule has 0 amide bonds. The van der Waals surface area contributed by atoms with Gasteiger partial charge in [0.05, 0.1) is 0 Å². The van der Waals surface area contributed by atoms with Crippen LogP contribution in [0.2, 0.25) is 0 Å². The molecule has 7 heavy (non-hydrogen) atoms. The highest BCUT2D eigenvalue weighted by molar-refractivity contribution is 5.53. The lowest BCUT2D eigenvalue weighted by molar-refractivity contribution is 1.10. The molecule has 0 fully saturated rings. The van der Waals surface area contributed by atoms with E-state index in [1.807, 2.05) is 0 Å². The molecule has 0 aromatic heterocycles. The molecule has 0 spiro atoms. The molecule has 0 bridgehead atoms. The summed E-state index contributed by atoms with van der Waals surface area (Å²) in [7, 11) is 1.60. The molecular formula is C3H6N4. The lowest BCUT2D eigenvalue weighted by Crippen LogP contribution is -1.57. The summed E-state index contributed by atoms with van der Waals surface area (Å²) in [6, 6.07) is 0. The number of hydrogen-bond acceptors (Lipinski definition) is 2. The van der Waals surface area contributed by atoms with Crippen molar-refractivity contribution in [3.8, 4) is 0 Å². The molecule has 0 radical (unpaired) electrons. The maximum atomic E-state index is 3.50. The average molecular weight is 98.1 g/mol. The van der Waals surface area contributed by atoms with Gasteiger partial charge in [-0.25, -0.2) is 0 Å². The summed E-state index contributed by atoms with van der Waals surface area (Å²) in [5, 5.41) is 9.55. The van der Waals surface area contributed by atoms with Crippen molar-refractivity contribution >= 4 is 13.1 Å². The van der Waals surface area contributed by atoms with Crippen molar-refractivity contribution in [2.75, 3.05) is 7.05 Å². The fourth-order valence-corrected chi connectivity index (χ4v) is 0.111. The SMILES string of the molecule is C=NN=NC=NC. The molecule has 0 unspecified atom stereocenters. The minimum Gasteiger partial charge on any atom is -0.275 e. The van der Waals surface area contributed by atoms with Gasteiger partial charge in [0.1, 0.15) is 6.34 Å². The average Bonchev–Trinajstić information content (AvgIpc) is 1.69. The van der Waals surface area contributed by atoms with Crippen LogP contribution in [0.25, 0.3) is 0 Å². The first-order valence-electron chi connectivity index (χ1n) is 1.68. The number of aliphatic imine (C=N–C) groups is 1. The van der Waals surface area contributed by atoms with Crippen molar-refractivity contribution in [3.05, 3.63) is 0 Å². The van der Waals surface area contributed by atoms with Crippen LogP contribution in [0.4, 0.5) is 0 Å². The fraction of sp³-hybridized carbons (Fsp3) is 0.333. The van der Waals surface area contributed by atoms with Gasteiger partial charge in [0.25, 0.3) is 0 Å². The Morgan fingerprint density at radius 1 is 1.57 bits per heavy atom. The molecule has 0 saturated heterocycles. The molecule has 0 aliphatic carbocycles. The lowest BCUT2D eigenvalue weighted by Gasteiger charge is -1.65. The van der Waals surface area contributed by atoms with Gasteiger partial charge in [-0.3, -0.25) is 4.99 Å². The topological polar surface area (TPSA) is 49.4 Å². The Labute approximate surface area is 41.7 Å². The number of rotatable bonds is 2. The Hall–Kier alpha value is -1.06. The zero-order valence-corrected chi connectivity index (χ0v) is 4.07. The van der Waals surface area contributed by atoms with Gasteiger partial charge in [-0.2, -0.15) is 0 Å². The summed E-state index contributed by atoms with van der Waals surface area (Å²) in [5.74, 6) is 0. The first-order chi connectivity index (χ1) is 3.41. The van der Waals surface area contributed by atoms with E-state index in [0.717, 1.165) is 0 Å². The van der Waals surface area contributed by atoms with E-state index in [1.165, 1.54) is 6.34 Å². The molecule has 0 N–H and O–H groups in total. The van der Waals surface area contributed by atoms with Crippen molar-refractivity contribution < 1.29 is 0 Å². The van der Waals surface area contributed by atoms with Gasteiger partial charge in [0.2, 0.25) is 0 Å². The molecule has 38 valence electrons. The van der Waals surface area contributed by atoms with E-state index in [-0.39, 0.29) is 0 Å². The highest BCUT2D eigenvalue weighted by Crippen LogP contribution is 1.66. The second kappa shape index (κ2) is 4.94. The molecule has 4 nitrogen and oxygen atoms in total. The number of hydrogen-bond donors (Lipinski definition) is 0. The van der Waals surface area contributed by atoms with E-state index in [0.29, 0.717) is 0 Å². The van der Waals surface area contributed by atoms with Gasteiger partial charge < -0.3 is 0 Å². The van der Waals surface area contributed by atoms with Crippen LogP contribution in [-0.2, 0) is 0 Å². The van der Waals surface area contributed by atoms with Crippen LogP contribution >= 0.6 is 0 Å². The molecule has 0 atom stereocenters. The summed E-state index contributed by atoms with van der Waals surface area (Å²) in [6.45, 7) is 3.06. The number of nitrogens with zero attached hydrogens (tertiary/aromatic N) is 4. The van der Waals surface area contributed by atoms with Crippen molar-refractivity contribution in [3.63, 3.8) is 0 Å². The Kier molecular flexibility index (Phi) is 4.19. The molecule has 0 saturated carbocycles. The van der Waals surface area contributed by atoms with Gasteiger partial charge in [-0.1, -0.05) is 0 Å². The summed E-state index contributed by atoms with van der Waals surface area (Å²) >= 11 is 0. The molecule has 0 aliphatic rings. The normalized spacial score (nSPS) is 11.0. The standard InChI is InChI=1S/C3H6N4/c1-4-3-6-7-5-2/h3H,2H2,1H3.